The third-order valence-corrected chi connectivity index (χ3v) is 6.05. The van der Waals surface area contributed by atoms with Crippen molar-refractivity contribution >= 4 is 28.2 Å². The Balaban J connectivity index is 1.40. The molecule has 6 heteroatoms. The molecule has 1 aliphatic heterocycles. The van der Waals surface area contributed by atoms with Gasteiger partial charge in [-0.3, -0.25) is 14.7 Å². The topological polar surface area (TPSA) is 61.4 Å². The van der Waals surface area contributed by atoms with Crippen molar-refractivity contribution in [2.24, 2.45) is 0 Å². The number of pyridine rings is 2. The van der Waals surface area contributed by atoms with E-state index in [2.05, 4.69) is 61.5 Å². The van der Waals surface area contributed by atoms with Crippen molar-refractivity contribution in [2.75, 3.05) is 36.4 Å². The van der Waals surface area contributed by atoms with E-state index >= 15 is 0 Å². The molecule has 2 aromatic heterocycles. The number of aryl methyl sites for hydroxylation is 1. The van der Waals surface area contributed by atoms with Gasteiger partial charge in [0.15, 0.2) is 0 Å². The van der Waals surface area contributed by atoms with E-state index in [1.54, 1.807) is 12.3 Å². The Kier molecular flexibility index (Phi) is 6.00. The van der Waals surface area contributed by atoms with Crippen LogP contribution >= 0.6 is 0 Å². The summed E-state index contributed by atoms with van der Waals surface area (Å²) in [5.74, 6) is -0.222. The quantitative estimate of drug-likeness (QED) is 0.498. The first kappa shape index (κ1) is 21.1. The van der Waals surface area contributed by atoms with E-state index in [1.807, 2.05) is 37.3 Å². The summed E-state index contributed by atoms with van der Waals surface area (Å²) < 4.78 is 0. The lowest BCUT2D eigenvalue weighted by molar-refractivity contribution is 0.102. The molecule has 0 saturated carbocycles. The van der Waals surface area contributed by atoms with E-state index in [4.69, 9.17) is 0 Å². The van der Waals surface area contributed by atoms with Crippen LogP contribution in [0.4, 0.5) is 11.4 Å². The van der Waals surface area contributed by atoms with E-state index in [1.165, 1.54) is 5.56 Å². The number of anilines is 2. The molecule has 6 nitrogen and oxygen atoms in total. The zero-order valence-electron chi connectivity index (χ0n) is 18.7. The van der Waals surface area contributed by atoms with Crippen LogP contribution in [0, 0.1) is 6.92 Å². The molecule has 0 aliphatic carbocycles. The van der Waals surface area contributed by atoms with Gasteiger partial charge in [-0.15, -0.1) is 0 Å². The summed E-state index contributed by atoms with van der Waals surface area (Å²) in [5, 5.41) is 4.12. The molecule has 2 aromatic carbocycles. The number of rotatable bonds is 5. The molecule has 1 amide bonds. The summed E-state index contributed by atoms with van der Waals surface area (Å²) in [6, 6.07) is 24.2. The summed E-state index contributed by atoms with van der Waals surface area (Å²) in [6.07, 6.45) is 1.77. The number of hydrogen-bond acceptors (Lipinski definition) is 5. The molecular formula is C27H27N5O. The van der Waals surface area contributed by atoms with Crippen molar-refractivity contribution in [1.29, 1.82) is 0 Å². The third kappa shape index (κ3) is 4.71. The molecule has 5 rings (SSSR count). The molecule has 0 atom stereocenters. The summed E-state index contributed by atoms with van der Waals surface area (Å²) >= 11 is 0. The first-order valence-electron chi connectivity index (χ1n) is 11.3. The number of nitrogens with one attached hydrogen (secondary N) is 1. The molecule has 0 bridgehead atoms. The van der Waals surface area contributed by atoms with E-state index in [-0.39, 0.29) is 5.91 Å². The van der Waals surface area contributed by atoms with Gasteiger partial charge < -0.3 is 10.2 Å². The van der Waals surface area contributed by atoms with Crippen LogP contribution in [0.1, 0.15) is 21.7 Å². The molecule has 0 unspecified atom stereocenters. The molecule has 1 saturated heterocycles. The lowest BCUT2D eigenvalue weighted by Crippen LogP contribution is -2.46. The summed E-state index contributed by atoms with van der Waals surface area (Å²) in [5.41, 5.74) is 5.22. The smallest absolute Gasteiger partial charge is 0.274 e. The predicted octanol–water partition coefficient (Wildman–Crippen LogP) is 4.51. The van der Waals surface area contributed by atoms with Crippen LogP contribution < -0.4 is 10.2 Å². The van der Waals surface area contributed by atoms with Crippen molar-refractivity contribution in [3.63, 3.8) is 0 Å². The maximum Gasteiger partial charge on any atom is 0.274 e. The monoisotopic (exact) mass is 437 g/mol. The van der Waals surface area contributed by atoms with Crippen LogP contribution in [0.2, 0.25) is 0 Å². The predicted molar refractivity (Wildman–Crippen MR) is 133 cm³/mol. The van der Waals surface area contributed by atoms with Crippen molar-refractivity contribution in [3.8, 4) is 0 Å². The number of hydrogen-bond donors (Lipinski definition) is 1. The van der Waals surface area contributed by atoms with Crippen LogP contribution in [-0.2, 0) is 6.54 Å². The van der Waals surface area contributed by atoms with Gasteiger partial charge in [0.25, 0.3) is 5.91 Å². The average Bonchev–Trinajstić information content (AvgIpc) is 2.85. The van der Waals surface area contributed by atoms with Gasteiger partial charge in [0.05, 0.1) is 23.1 Å². The van der Waals surface area contributed by atoms with Crippen molar-refractivity contribution < 1.29 is 4.79 Å². The molecule has 3 heterocycles. The number of amides is 1. The fourth-order valence-electron chi connectivity index (χ4n) is 4.39. The number of piperazine rings is 1. The number of carbonyl (C=O) groups is 1. The van der Waals surface area contributed by atoms with Gasteiger partial charge in [-0.25, -0.2) is 4.98 Å². The fourth-order valence-corrected chi connectivity index (χ4v) is 4.39. The van der Waals surface area contributed by atoms with Gasteiger partial charge in [0.2, 0.25) is 0 Å². The van der Waals surface area contributed by atoms with Crippen LogP contribution in [0.3, 0.4) is 0 Å². The van der Waals surface area contributed by atoms with E-state index < -0.39 is 0 Å². The van der Waals surface area contributed by atoms with Crippen molar-refractivity contribution in [3.05, 3.63) is 95.9 Å². The summed E-state index contributed by atoms with van der Waals surface area (Å²) in [6.45, 7) is 6.51. The van der Waals surface area contributed by atoms with Crippen molar-refractivity contribution in [1.82, 2.24) is 14.9 Å². The Labute approximate surface area is 193 Å². The second-order valence-corrected chi connectivity index (χ2v) is 8.40. The second kappa shape index (κ2) is 9.38. The lowest BCUT2D eigenvalue weighted by Gasteiger charge is -2.37. The average molecular weight is 438 g/mol. The zero-order valence-corrected chi connectivity index (χ0v) is 18.7. The summed E-state index contributed by atoms with van der Waals surface area (Å²) in [7, 11) is 0. The highest BCUT2D eigenvalue weighted by molar-refractivity contribution is 6.08. The third-order valence-electron chi connectivity index (χ3n) is 6.05. The second-order valence-electron chi connectivity index (χ2n) is 8.40. The number of carbonyl (C=O) groups excluding carboxylic acids is 1. The van der Waals surface area contributed by atoms with E-state index in [9.17, 15) is 4.79 Å². The standard InChI is InChI=1S/C27H27N5O/c1-20-8-7-13-24(29-20)27(33)30-25-18-28-23-12-6-5-11-22(23)26(25)32-16-14-31(15-17-32)19-21-9-3-2-4-10-21/h2-13,18H,14-17,19H2,1H3,(H,30,33). The minimum atomic E-state index is -0.222. The molecule has 0 radical (unpaired) electrons. The number of benzene rings is 2. The van der Waals surface area contributed by atoms with Crippen LogP contribution in [0.25, 0.3) is 10.9 Å². The maximum atomic E-state index is 13.0. The number of fused-ring (bicyclic) bond motifs is 1. The zero-order chi connectivity index (χ0) is 22.6. The maximum absolute atomic E-state index is 13.0. The lowest BCUT2D eigenvalue weighted by atomic mass is 10.1. The van der Waals surface area contributed by atoms with Gasteiger partial charge in [-0.05, 0) is 30.7 Å². The van der Waals surface area contributed by atoms with Crippen LogP contribution in [0.15, 0.2) is 79.0 Å². The van der Waals surface area contributed by atoms with E-state index in [0.717, 1.165) is 60.7 Å². The highest BCUT2D eigenvalue weighted by Gasteiger charge is 2.23. The largest absolute Gasteiger partial charge is 0.367 e. The number of para-hydroxylation sites is 1. The normalized spacial score (nSPS) is 14.4. The highest BCUT2D eigenvalue weighted by Crippen LogP contribution is 2.34. The van der Waals surface area contributed by atoms with Gasteiger partial charge in [0, 0.05) is 43.8 Å². The molecule has 1 aliphatic rings. The molecule has 166 valence electrons. The Morgan fingerprint density at radius 1 is 0.909 bits per heavy atom. The molecule has 1 N–H and O–H groups in total. The Bertz CT molecular complexity index is 1270. The first-order chi connectivity index (χ1) is 16.2. The van der Waals surface area contributed by atoms with Gasteiger partial charge in [-0.1, -0.05) is 54.6 Å². The molecule has 0 spiro atoms. The van der Waals surface area contributed by atoms with Crippen LogP contribution in [-0.4, -0.2) is 47.0 Å². The van der Waals surface area contributed by atoms with Gasteiger partial charge in [0.1, 0.15) is 5.69 Å². The van der Waals surface area contributed by atoms with Crippen LogP contribution in [0.5, 0.6) is 0 Å². The molecule has 1 fully saturated rings. The Hall–Kier alpha value is -3.77. The highest BCUT2D eigenvalue weighted by atomic mass is 16.1. The van der Waals surface area contributed by atoms with Gasteiger partial charge in [-0.2, -0.15) is 0 Å². The van der Waals surface area contributed by atoms with E-state index in [0.29, 0.717) is 5.69 Å². The molecule has 4 aromatic rings. The van der Waals surface area contributed by atoms with Gasteiger partial charge >= 0.3 is 0 Å². The minimum Gasteiger partial charge on any atom is -0.367 e. The van der Waals surface area contributed by atoms with Crippen molar-refractivity contribution in [2.45, 2.75) is 13.5 Å². The molecule has 33 heavy (non-hydrogen) atoms. The molecular weight excluding hydrogens is 410 g/mol. The minimum absolute atomic E-state index is 0.222. The first-order valence-corrected chi connectivity index (χ1v) is 11.3. The number of nitrogens with zero attached hydrogens (tertiary/aromatic N) is 4. The Morgan fingerprint density at radius 2 is 1.67 bits per heavy atom. The fraction of sp³-hybridized carbons (Fsp3) is 0.222. The number of aromatic nitrogens is 2. The SMILES string of the molecule is Cc1cccc(C(=O)Nc2cnc3ccccc3c2N2CCN(Cc3ccccc3)CC2)n1. The Morgan fingerprint density at radius 3 is 2.45 bits per heavy atom. The summed E-state index contributed by atoms with van der Waals surface area (Å²) in [4.78, 5) is 26.8.